The van der Waals surface area contributed by atoms with E-state index in [1.54, 1.807) is 0 Å². The quantitative estimate of drug-likeness (QED) is 0.211. The molecule has 0 heterocycles. The maximum absolute atomic E-state index is 9.43. The van der Waals surface area contributed by atoms with Crippen LogP contribution in [0.4, 0.5) is 0 Å². The van der Waals surface area contributed by atoms with Crippen molar-refractivity contribution in [2.75, 3.05) is 0 Å². The summed E-state index contributed by atoms with van der Waals surface area (Å²) >= 11 is 0. The first kappa shape index (κ1) is 26.4. The van der Waals surface area contributed by atoms with E-state index in [4.69, 9.17) is 35.5 Å². The van der Waals surface area contributed by atoms with Gasteiger partial charge in [0, 0.05) is 0 Å². The van der Waals surface area contributed by atoms with Crippen molar-refractivity contribution in [1.82, 2.24) is 0 Å². The van der Waals surface area contributed by atoms with Crippen LogP contribution in [0.5, 0.6) is 0 Å². The Morgan fingerprint density at radius 3 is 0.842 bits per heavy atom. The van der Waals surface area contributed by atoms with Crippen LogP contribution in [0.25, 0.3) is 0 Å². The summed E-state index contributed by atoms with van der Waals surface area (Å²) in [5.41, 5.74) is 0. The number of carbonyl (C=O) groups is 4. The van der Waals surface area contributed by atoms with Crippen LogP contribution in [-0.4, -0.2) is 61.7 Å². The van der Waals surface area contributed by atoms with Gasteiger partial charge in [0.2, 0.25) is 0 Å². The van der Waals surface area contributed by atoms with Gasteiger partial charge in [-0.25, -0.2) is 0 Å². The molecule has 0 rings (SSSR count). The predicted molar refractivity (Wildman–Crippen MR) is 50.0 cm³/mol. The van der Waals surface area contributed by atoms with E-state index in [1.807, 2.05) is 0 Å². The van der Waals surface area contributed by atoms with Gasteiger partial charge in [-0.1, -0.05) is 0 Å². The van der Waals surface area contributed by atoms with Gasteiger partial charge in [-0.3, -0.25) is 19.2 Å². The Morgan fingerprint density at radius 2 is 0.842 bits per heavy atom. The Morgan fingerprint density at radius 1 is 0.737 bits per heavy atom. The second-order valence-electron chi connectivity index (χ2n) is 2.25. The number of hydrogen-bond acceptors (Lipinski definition) is 7. The SMILES string of the molecule is O=C(O)CC(=O)O.O=C(O)CC(=O)O.[Na+].[O-]B(O)O. The van der Waals surface area contributed by atoms with Crippen molar-refractivity contribution in [2.45, 2.75) is 12.8 Å². The zero-order valence-corrected chi connectivity index (χ0v) is 11.7. The first-order valence-electron chi connectivity index (χ1n) is 3.88. The molecule has 6 N–H and O–H groups in total. The number of aliphatic carboxylic acids is 4. The van der Waals surface area contributed by atoms with E-state index in [1.165, 1.54) is 0 Å². The van der Waals surface area contributed by atoms with Crippen LogP contribution >= 0.6 is 0 Å². The largest absolute Gasteiger partial charge is 1.00 e. The molecule has 0 aliphatic carbocycles. The summed E-state index contributed by atoms with van der Waals surface area (Å²) in [6.07, 6.45) is -1.61. The maximum atomic E-state index is 9.43. The Kier molecular flexibility index (Phi) is 23.4. The minimum absolute atomic E-state index is 0. The van der Waals surface area contributed by atoms with Gasteiger partial charge in [-0.15, -0.1) is 0 Å². The molecule has 0 saturated carbocycles. The van der Waals surface area contributed by atoms with Gasteiger partial charge >= 0.3 is 60.8 Å². The molecule has 0 saturated heterocycles. The zero-order valence-electron chi connectivity index (χ0n) is 9.72. The van der Waals surface area contributed by atoms with Crippen LogP contribution in [0.2, 0.25) is 0 Å². The number of carboxylic acid groups (broad SMARTS) is 4. The molecule has 0 amide bonds. The second-order valence-corrected chi connectivity index (χ2v) is 2.25. The molecular formula is C6H10BNaO11. The summed E-state index contributed by atoms with van der Waals surface area (Å²) in [7, 11) is -2.42. The zero-order chi connectivity index (χ0) is 15.3. The predicted octanol–water partition coefficient (Wildman–Crippen LogP) is -6.59. The number of rotatable bonds is 4. The van der Waals surface area contributed by atoms with E-state index in [0.29, 0.717) is 0 Å². The van der Waals surface area contributed by atoms with Crippen molar-refractivity contribution < 1.29 is 84.2 Å². The van der Waals surface area contributed by atoms with Crippen LogP contribution in [-0.2, 0) is 19.2 Å². The average Bonchev–Trinajstić information content (AvgIpc) is 1.96. The molecular weight excluding hydrogens is 282 g/mol. The fourth-order valence-electron chi connectivity index (χ4n) is 0.259. The van der Waals surface area contributed by atoms with Crippen LogP contribution in [0.15, 0.2) is 0 Å². The van der Waals surface area contributed by atoms with Gasteiger partial charge in [0.05, 0.1) is 0 Å². The molecule has 0 aliphatic heterocycles. The van der Waals surface area contributed by atoms with Gasteiger partial charge in [0.15, 0.2) is 0 Å². The van der Waals surface area contributed by atoms with Crippen LogP contribution < -0.4 is 34.6 Å². The molecule has 0 radical (unpaired) electrons. The Bertz CT molecular complexity index is 238. The average molecular weight is 292 g/mol. The molecule has 0 aromatic carbocycles. The topological polar surface area (TPSA) is 213 Å². The van der Waals surface area contributed by atoms with Crippen LogP contribution in [0.1, 0.15) is 12.8 Å². The Hall–Kier alpha value is -1.18. The molecule has 0 spiro atoms. The first-order valence-corrected chi connectivity index (χ1v) is 3.88. The van der Waals surface area contributed by atoms with Crippen LogP contribution in [0.3, 0.4) is 0 Å². The molecule has 0 atom stereocenters. The van der Waals surface area contributed by atoms with Gasteiger partial charge in [0.25, 0.3) is 0 Å². The van der Waals surface area contributed by atoms with Gasteiger partial charge < -0.3 is 35.5 Å². The molecule has 0 aromatic heterocycles. The van der Waals surface area contributed by atoms with Crippen molar-refractivity contribution in [3.05, 3.63) is 0 Å². The molecule has 0 unspecified atom stereocenters. The minimum atomic E-state index is -2.42. The van der Waals surface area contributed by atoms with E-state index >= 15 is 0 Å². The summed E-state index contributed by atoms with van der Waals surface area (Å²) in [5.74, 6) is -5.25. The Balaban J connectivity index is -0.0000000900. The molecule has 0 aliphatic rings. The standard InChI is InChI=1S/2C3H4O4.BH2O3.Na/c2*4-2(5)1-3(6)7;2-1(3)4;/h2*1H2,(H,4,5)(H,6,7);2-3H;/q;;-1;+1. The third kappa shape index (κ3) is 79.4. The van der Waals surface area contributed by atoms with Crippen molar-refractivity contribution >= 4 is 31.2 Å². The van der Waals surface area contributed by atoms with Gasteiger partial charge in [-0.2, -0.15) is 0 Å². The maximum Gasteiger partial charge on any atom is 1.00 e. The number of carboxylic acids is 4. The summed E-state index contributed by atoms with van der Waals surface area (Å²) in [5, 5.41) is 53.6. The smallest absolute Gasteiger partial charge is 0.832 e. The van der Waals surface area contributed by atoms with Crippen molar-refractivity contribution in [3.63, 3.8) is 0 Å². The van der Waals surface area contributed by atoms with Gasteiger partial charge in [0.1, 0.15) is 12.8 Å². The summed E-state index contributed by atoms with van der Waals surface area (Å²) < 4.78 is 0. The van der Waals surface area contributed by atoms with E-state index < -0.39 is 44.0 Å². The van der Waals surface area contributed by atoms with E-state index in [9.17, 15) is 19.2 Å². The second kappa shape index (κ2) is 16.8. The summed E-state index contributed by atoms with van der Waals surface area (Å²) in [4.78, 5) is 37.7. The van der Waals surface area contributed by atoms with Crippen LogP contribution in [0, 0.1) is 0 Å². The third-order valence-electron chi connectivity index (χ3n) is 0.605. The molecule has 0 fully saturated rings. The normalized spacial score (nSPS) is 7.32. The van der Waals surface area contributed by atoms with Crippen molar-refractivity contribution in [3.8, 4) is 0 Å². The fourth-order valence-corrected chi connectivity index (χ4v) is 0.259. The molecule has 11 nitrogen and oxygen atoms in total. The first-order chi connectivity index (χ1) is 7.98. The van der Waals surface area contributed by atoms with Crippen molar-refractivity contribution in [1.29, 1.82) is 0 Å². The third-order valence-corrected chi connectivity index (χ3v) is 0.605. The molecule has 13 heteroatoms. The Labute approximate surface area is 128 Å². The summed E-state index contributed by atoms with van der Waals surface area (Å²) in [6.45, 7) is 0. The molecule has 0 bridgehead atoms. The summed E-state index contributed by atoms with van der Waals surface area (Å²) in [6, 6.07) is 0. The number of hydrogen-bond donors (Lipinski definition) is 6. The van der Waals surface area contributed by atoms with E-state index in [2.05, 4.69) is 0 Å². The monoisotopic (exact) mass is 292 g/mol. The molecule has 104 valence electrons. The minimum Gasteiger partial charge on any atom is -0.832 e. The van der Waals surface area contributed by atoms with Crippen molar-refractivity contribution in [2.24, 2.45) is 0 Å². The van der Waals surface area contributed by atoms with E-state index in [0.717, 1.165) is 0 Å². The van der Waals surface area contributed by atoms with Gasteiger partial charge in [-0.05, 0) is 0 Å². The van der Waals surface area contributed by atoms with E-state index in [-0.39, 0.29) is 29.6 Å². The fraction of sp³-hybridized carbons (Fsp3) is 0.333. The molecule has 19 heavy (non-hydrogen) atoms. The molecule has 0 aromatic rings.